The van der Waals surface area contributed by atoms with Crippen molar-refractivity contribution in [3.05, 3.63) is 35.9 Å². The van der Waals surface area contributed by atoms with Gasteiger partial charge in [-0.1, -0.05) is 44.2 Å². The van der Waals surface area contributed by atoms with Crippen molar-refractivity contribution in [2.24, 2.45) is 11.7 Å². The number of amides is 3. The van der Waals surface area contributed by atoms with E-state index in [2.05, 4.69) is 16.0 Å². The minimum Gasteiger partial charge on any atom is -0.480 e. The van der Waals surface area contributed by atoms with Gasteiger partial charge in [0.25, 0.3) is 0 Å². The van der Waals surface area contributed by atoms with Crippen LogP contribution in [-0.4, -0.2) is 54.0 Å². The minimum atomic E-state index is -1.16. The summed E-state index contributed by atoms with van der Waals surface area (Å²) in [5, 5.41) is 16.8. The van der Waals surface area contributed by atoms with Crippen LogP contribution in [0.5, 0.6) is 0 Å². The number of hydrogen-bond donors (Lipinski definition) is 5. The third-order valence-corrected chi connectivity index (χ3v) is 3.89. The molecule has 9 heteroatoms. The van der Waals surface area contributed by atoms with Crippen molar-refractivity contribution in [2.45, 2.75) is 38.8 Å². The van der Waals surface area contributed by atoms with Crippen molar-refractivity contribution in [1.29, 1.82) is 0 Å². The highest BCUT2D eigenvalue weighted by Gasteiger charge is 2.27. The number of hydrogen-bond acceptors (Lipinski definition) is 5. The molecule has 0 bridgehead atoms. The quantitative estimate of drug-likeness (QED) is 0.339. The van der Waals surface area contributed by atoms with Gasteiger partial charge in [0.1, 0.15) is 12.1 Å². The molecule has 0 aliphatic carbocycles. The van der Waals surface area contributed by atoms with Gasteiger partial charge in [-0.3, -0.25) is 14.4 Å². The zero-order valence-corrected chi connectivity index (χ0v) is 16.1. The molecule has 3 amide bonds. The predicted molar refractivity (Wildman–Crippen MR) is 103 cm³/mol. The fourth-order valence-corrected chi connectivity index (χ4v) is 2.52. The largest absolute Gasteiger partial charge is 0.480 e. The van der Waals surface area contributed by atoms with Gasteiger partial charge in [0.05, 0.1) is 13.1 Å². The first-order chi connectivity index (χ1) is 13.2. The van der Waals surface area contributed by atoms with Gasteiger partial charge in [0.15, 0.2) is 0 Å². The number of rotatable bonds is 11. The van der Waals surface area contributed by atoms with Crippen molar-refractivity contribution in [3.8, 4) is 0 Å². The second-order valence-electron chi connectivity index (χ2n) is 6.82. The standard InChI is InChI=1S/C19H28N4O5/c1-12(2)8-14(22-17(25)11-21-16(24)10-20)18(26)23-15(19(27)28)9-13-6-4-3-5-7-13/h3-7,12,14-15H,8-11,20H2,1-2H3,(H,21,24)(H,22,25)(H,23,26)(H,27,28). The van der Waals surface area contributed by atoms with Crippen LogP contribution in [0.2, 0.25) is 0 Å². The molecule has 0 saturated carbocycles. The second-order valence-corrected chi connectivity index (χ2v) is 6.82. The summed E-state index contributed by atoms with van der Waals surface area (Å²) in [4.78, 5) is 47.3. The van der Waals surface area contributed by atoms with Crippen molar-refractivity contribution in [2.75, 3.05) is 13.1 Å². The predicted octanol–water partition coefficient (Wildman–Crippen LogP) is -0.596. The first-order valence-electron chi connectivity index (χ1n) is 9.06. The minimum absolute atomic E-state index is 0.0760. The third kappa shape index (κ3) is 8.63. The Morgan fingerprint density at radius 1 is 1.00 bits per heavy atom. The van der Waals surface area contributed by atoms with Gasteiger partial charge in [0, 0.05) is 6.42 Å². The van der Waals surface area contributed by atoms with E-state index in [-0.39, 0.29) is 25.4 Å². The van der Waals surface area contributed by atoms with E-state index in [1.54, 1.807) is 24.3 Å². The lowest BCUT2D eigenvalue weighted by atomic mass is 10.0. The van der Waals surface area contributed by atoms with E-state index in [1.165, 1.54) is 0 Å². The summed E-state index contributed by atoms with van der Waals surface area (Å²) in [7, 11) is 0. The molecule has 1 rings (SSSR count). The van der Waals surface area contributed by atoms with Crippen LogP contribution in [0.3, 0.4) is 0 Å². The Balaban J connectivity index is 2.76. The average molecular weight is 392 g/mol. The Kier molecular flexibility index (Phi) is 9.66. The van der Waals surface area contributed by atoms with Gasteiger partial charge < -0.3 is 26.8 Å². The van der Waals surface area contributed by atoms with Gasteiger partial charge in [-0.25, -0.2) is 4.79 Å². The molecule has 0 heterocycles. The van der Waals surface area contributed by atoms with Crippen LogP contribution in [0.1, 0.15) is 25.8 Å². The highest BCUT2D eigenvalue weighted by molar-refractivity contribution is 5.92. The molecule has 0 fully saturated rings. The molecule has 6 N–H and O–H groups in total. The molecule has 0 saturated heterocycles. The topological polar surface area (TPSA) is 151 Å². The van der Waals surface area contributed by atoms with Gasteiger partial charge in [-0.2, -0.15) is 0 Å². The molecule has 0 aliphatic heterocycles. The van der Waals surface area contributed by atoms with E-state index in [0.29, 0.717) is 6.42 Å². The number of carbonyl (C=O) groups excluding carboxylic acids is 3. The fourth-order valence-electron chi connectivity index (χ4n) is 2.52. The van der Waals surface area contributed by atoms with Gasteiger partial charge in [-0.05, 0) is 17.9 Å². The molecular weight excluding hydrogens is 364 g/mol. The zero-order valence-electron chi connectivity index (χ0n) is 16.1. The third-order valence-electron chi connectivity index (χ3n) is 3.89. The van der Waals surface area contributed by atoms with Crippen molar-refractivity contribution >= 4 is 23.7 Å². The molecule has 2 atom stereocenters. The smallest absolute Gasteiger partial charge is 0.326 e. The maximum Gasteiger partial charge on any atom is 0.326 e. The summed E-state index contributed by atoms with van der Waals surface area (Å²) in [6.45, 7) is 3.19. The molecule has 1 aromatic carbocycles. The SMILES string of the molecule is CC(C)CC(NC(=O)CNC(=O)CN)C(=O)NC(Cc1ccccc1)C(=O)O. The van der Waals surface area contributed by atoms with E-state index in [0.717, 1.165) is 5.56 Å². The summed E-state index contributed by atoms with van der Waals surface area (Å²) in [6.07, 6.45) is 0.441. The van der Waals surface area contributed by atoms with E-state index >= 15 is 0 Å². The number of carboxylic acids is 1. The molecule has 9 nitrogen and oxygen atoms in total. The van der Waals surface area contributed by atoms with Crippen molar-refractivity contribution < 1.29 is 24.3 Å². The molecular formula is C19H28N4O5. The summed E-state index contributed by atoms with van der Waals surface area (Å²) in [6, 6.07) is 6.89. The Hall–Kier alpha value is -2.94. The number of carbonyl (C=O) groups is 4. The molecule has 28 heavy (non-hydrogen) atoms. The molecule has 0 spiro atoms. The zero-order chi connectivity index (χ0) is 21.1. The number of nitrogens with two attached hydrogens (primary N) is 1. The maximum absolute atomic E-state index is 12.6. The lowest BCUT2D eigenvalue weighted by Crippen LogP contribution is -2.54. The Bertz CT molecular complexity index is 678. The molecule has 0 aliphatic rings. The second kappa shape index (κ2) is 11.7. The number of nitrogens with one attached hydrogen (secondary N) is 3. The van der Waals surface area contributed by atoms with Gasteiger partial charge in [-0.15, -0.1) is 0 Å². The molecule has 2 unspecified atom stereocenters. The van der Waals surface area contributed by atoms with E-state index in [9.17, 15) is 24.3 Å². The average Bonchev–Trinajstić information content (AvgIpc) is 2.65. The van der Waals surface area contributed by atoms with E-state index in [4.69, 9.17) is 5.73 Å². The molecule has 0 radical (unpaired) electrons. The first-order valence-corrected chi connectivity index (χ1v) is 9.06. The van der Waals surface area contributed by atoms with Crippen LogP contribution in [-0.2, 0) is 25.6 Å². The van der Waals surface area contributed by atoms with E-state index in [1.807, 2.05) is 19.9 Å². The fraction of sp³-hybridized carbons (Fsp3) is 0.474. The molecule has 1 aromatic rings. The van der Waals surface area contributed by atoms with Crippen LogP contribution in [0.25, 0.3) is 0 Å². The Labute approximate surface area is 164 Å². The summed E-state index contributed by atoms with van der Waals surface area (Å²) < 4.78 is 0. The Morgan fingerprint density at radius 3 is 2.18 bits per heavy atom. The number of aliphatic carboxylic acids is 1. The lowest BCUT2D eigenvalue weighted by Gasteiger charge is -2.23. The maximum atomic E-state index is 12.6. The summed E-state index contributed by atoms with van der Waals surface area (Å²) in [5.74, 6) is -2.73. The highest BCUT2D eigenvalue weighted by atomic mass is 16.4. The first kappa shape index (κ1) is 23.1. The van der Waals surface area contributed by atoms with Crippen LogP contribution >= 0.6 is 0 Å². The number of carboxylic acid groups (broad SMARTS) is 1. The molecule has 0 aromatic heterocycles. The van der Waals surface area contributed by atoms with Crippen molar-refractivity contribution in [1.82, 2.24) is 16.0 Å². The van der Waals surface area contributed by atoms with Gasteiger partial charge >= 0.3 is 5.97 Å². The lowest BCUT2D eigenvalue weighted by molar-refractivity contribution is -0.142. The highest BCUT2D eigenvalue weighted by Crippen LogP contribution is 2.08. The van der Waals surface area contributed by atoms with Crippen LogP contribution < -0.4 is 21.7 Å². The monoisotopic (exact) mass is 392 g/mol. The molecule has 154 valence electrons. The number of benzene rings is 1. The summed E-state index contributed by atoms with van der Waals surface area (Å²) in [5.41, 5.74) is 5.92. The van der Waals surface area contributed by atoms with E-state index < -0.39 is 35.8 Å². The van der Waals surface area contributed by atoms with Crippen LogP contribution in [0.15, 0.2) is 30.3 Å². The normalized spacial score (nSPS) is 12.7. The summed E-state index contributed by atoms with van der Waals surface area (Å²) >= 11 is 0. The van der Waals surface area contributed by atoms with Crippen LogP contribution in [0, 0.1) is 5.92 Å². The Morgan fingerprint density at radius 2 is 1.64 bits per heavy atom. The van der Waals surface area contributed by atoms with Crippen molar-refractivity contribution in [3.63, 3.8) is 0 Å². The van der Waals surface area contributed by atoms with Crippen LogP contribution in [0.4, 0.5) is 0 Å². The van der Waals surface area contributed by atoms with Gasteiger partial charge in [0.2, 0.25) is 17.7 Å².